The molecule has 1 aromatic carbocycles. The lowest BCUT2D eigenvalue weighted by Gasteiger charge is -2.11. The van der Waals surface area contributed by atoms with E-state index in [1.165, 1.54) is 16.8 Å². The number of nitrogens with zero attached hydrogens (tertiary/aromatic N) is 7. The molecular formula is C16H16F3N9O2. The van der Waals surface area contributed by atoms with Crippen LogP contribution in [-0.4, -0.2) is 56.4 Å². The van der Waals surface area contributed by atoms with Gasteiger partial charge in [-0.3, -0.25) is 4.79 Å². The van der Waals surface area contributed by atoms with Gasteiger partial charge in [0.25, 0.3) is 5.91 Å². The van der Waals surface area contributed by atoms with Gasteiger partial charge in [-0.05, 0) is 42.1 Å². The Kier molecular flexibility index (Phi) is 5.77. The smallest absolute Gasteiger partial charge is 0.378 e. The van der Waals surface area contributed by atoms with Crippen LogP contribution in [0.1, 0.15) is 27.3 Å². The van der Waals surface area contributed by atoms with E-state index in [9.17, 15) is 18.0 Å². The zero-order chi connectivity index (χ0) is 21.9. The maximum atomic E-state index is 12.8. The Hall–Kier alpha value is -3.81. The Morgan fingerprint density at radius 2 is 2.13 bits per heavy atom. The number of hydrogen-bond donors (Lipinski definition) is 2. The number of hydrazone groups is 1. The number of aromatic nitrogens is 5. The highest BCUT2D eigenvalue weighted by molar-refractivity contribution is 5.94. The molecule has 0 atom stereocenters. The molecule has 2 aromatic heterocycles. The lowest BCUT2D eigenvalue weighted by Crippen LogP contribution is -2.23. The predicted molar refractivity (Wildman–Crippen MR) is 97.5 cm³/mol. The quantitative estimate of drug-likeness (QED) is 0.443. The van der Waals surface area contributed by atoms with Crippen molar-refractivity contribution >= 4 is 17.9 Å². The van der Waals surface area contributed by atoms with Crippen molar-refractivity contribution in [3.05, 3.63) is 46.8 Å². The minimum Gasteiger partial charge on any atom is -0.378 e. The molecule has 14 heteroatoms. The zero-order valence-electron chi connectivity index (χ0n) is 15.8. The normalized spacial score (nSPS) is 12.1. The van der Waals surface area contributed by atoms with E-state index in [-0.39, 0.29) is 29.4 Å². The van der Waals surface area contributed by atoms with Crippen LogP contribution in [0, 0.1) is 0 Å². The number of carbonyl (C=O) groups excluding carboxylic acids is 1. The number of nitrogens with two attached hydrogens (primary N) is 1. The van der Waals surface area contributed by atoms with Gasteiger partial charge in [0.1, 0.15) is 0 Å². The zero-order valence-corrected chi connectivity index (χ0v) is 15.8. The van der Waals surface area contributed by atoms with Gasteiger partial charge in [0.05, 0.1) is 17.5 Å². The molecule has 2 heterocycles. The van der Waals surface area contributed by atoms with Crippen molar-refractivity contribution in [1.29, 1.82) is 0 Å². The first-order valence-electron chi connectivity index (χ1n) is 8.35. The van der Waals surface area contributed by atoms with Gasteiger partial charge in [-0.25, -0.2) is 10.1 Å². The average molecular weight is 423 g/mol. The van der Waals surface area contributed by atoms with E-state index in [4.69, 9.17) is 5.73 Å². The third kappa shape index (κ3) is 4.60. The number of anilines is 1. The van der Waals surface area contributed by atoms with Crippen LogP contribution >= 0.6 is 0 Å². The van der Waals surface area contributed by atoms with Crippen LogP contribution in [-0.2, 0) is 12.7 Å². The van der Waals surface area contributed by atoms with E-state index in [0.717, 1.165) is 18.3 Å². The van der Waals surface area contributed by atoms with Gasteiger partial charge < -0.3 is 10.6 Å². The lowest BCUT2D eigenvalue weighted by molar-refractivity contribution is -0.137. The van der Waals surface area contributed by atoms with Crippen LogP contribution < -0.4 is 11.2 Å². The number of carbonyl (C=O) groups is 1. The van der Waals surface area contributed by atoms with Gasteiger partial charge >= 0.3 is 6.18 Å². The molecule has 0 unspecified atom stereocenters. The fourth-order valence-corrected chi connectivity index (χ4v) is 2.44. The molecule has 3 rings (SSSR count). The minimum absolute atomic E-state index is 0.0468. The molecule has 30 heavy (non-hydrogen) atoms. The van der Waals surface area contributed by atoms with E-state index >= 15 is 0 Å². The molecule has 0 aliphatic heterocycles. The van der Waals surface area contributed by atoms with Crippen LogP contribution in [0.4, 0.5) is 19.0 Å². The van der Waals surface area contributed by atoms with Gasteiger partial charge in [0, 0.05) is 6.54 Å². The summed E-state index contributed by atoms with van der Waals surface area (Å²) in [6.07, 6.45) is -3.40. The van der Waals surface area contributed by atoms with E-state index in [1.807, 2.05) is 0 Å². The fourth-order valence-electron chi connectivity index (χ4n) is 2.44. The highest BCUT2D eigenvalue weighted by atomic mass is 19.4. The first-order valence-corrected chi connectivity index (χ1v) is 8.35. The molecule has 0 saturated carbocycles. The molecule has 0 aliphatic rings. The Bertz CT molecular complexity index is 1070. The number of alkyl halides is 3. The molecule has 0 fully saturated rings. The molecule has 0 spiro atoms. The topological polar surface area (TPSA) is 140 Å². The second-order valence-electron chi connectivity index (χ2n) is 6.33. The molecule has 0 radical (unpaired) electrons. The molecule has 3 N–H and O–H groups in total. The summed E-state index contributed by atoms with van der Waals surface area (Å²) < 4.78 is 44.1. The highest BCUT2D eigenvalue weighted by Crippen LogP contribution is 2.29. The number of nitrogen functional groups attached to an aromatic ring is 1. The van der Waals surface area contributed by atoms with Crippen LogP contribution in [0.3, 0.4) is 0 Å². The Balaban J connectivity index is 1.81. The second-order valence-corrected chi connectivity index (χ2v) is 6.33. The van der Waals surface area contributed by atoms with E-state index in [1.54, 1.807) is 19.0 Å². The van der Waals surface area contributed by atoms with Gasteiger partial charge in [-0.2, -0.15) is 23.0 Å². The summed E-state index contributed by atoms with van der Waals surface area (Å²) >= 11 is 0. The summed E-state index contributed by atoms with van der Waals surface area (Å²) in [5.74, 6) is -0.711. The van der Waals surface area contributed by atoms with Crippen molar-refractivity contribution in [2.75, 3.05) is 19.8 Å². The Labute approximate surface area is 167 Å². The van der Waals surface area contributed by atoms with Crippen LogP contribution in [0.5, 0.6) is 0 Å². The second kappa shape index (κ2) is 8.28. The average Bonchev–Trinajstić information content (AvgIpc) is 3.26. The highest BCUT2D eigenvalue weighted by Gasteiger charge is 2.30. The molecule has 158 valence electrons. The third-order valence-corrected chi connectivity index (χ3v) is 3.73. The number of nitrogens with one attached hydrogen (secondary N) is 1. The number of benzene rings is 1. The third-order valence-electron chi connectivity index (χ3n) is 3.73. The van der Waals surface area contributed by atoms with Gasteiger partial charge in [-0.1, -0.05) is 17.3 Å². The van der Waals surface area contributed by atoms with E-state index in [2.05, 4.69) is 35.8 Å². The summed E-state index contributed by atoms with van der Waals surface area (Å²) in [4.78, 5) is 14.3. The maximum Gasteiger partial charge on any atom is 0.416 e. The minimum atomic E-state index is -4.48. The standard InChI is InChI=1S/C16H16F3N9O2/c1-27(2)8-11-12(22-26-28(11)14-13(20)24-30-25-14)15(29)23-21-7-9-4-3-5-10(6-9)16(17,18)19/h3-7H,8H2,1-2H3,(H2,20,24)(H,23,29)/b21-7-. The fraction of sp³-hybridized carbons (Fsp3) is 0.250. The van der Waals surface area contributed by atoms with Gasteiger partial charge in [0.15, 0.2) is 5.69 Å². The predicted octanol–water partition coefficient (Wildman–Crippen LogP) is 1.08. The SMILES string of the molecule is CN(C)Cc1c(C(=O)N/N=C\c2cccc(C(F)(F)F)c2)nnn1-c1nonc1N. The number of hydrogen-bond acceptors (Lipinski definition) is 9. The molecule has 0 bridgehead atoms. The summed E-state index contributed by atoms with van der Waals surface area (Å²) in [5, 5.41) is 18.5. The van der Waals surface area contributed by atoms with E-state index in [0.29, 0.717) is 5.69 Å². The van der Waals surface area contributed by atoms with Gasteiger partial charge in [-0.15, -0.1) is 5.10 Å². The first kappa shape index (κ1) is 20.9. The monoisotopic (exact) mass is 423 g/mol. The van der Waals surface area contributed by atoms with Crippen molar-refractivity contribution in [2.24, 2.45) is 5.10 Å². The number of amides is 1. The molecular weight excluding hydrogens is 407 g/mol. The number of halogens is 3. The van der Waals surface area contributed by atoms with Crippen molar-refractivity contribution in [2.45, 2.75) is 12.7 Å². The van der Waals surface area contributed by atoms with Gasteiger partial charge in [0.2, 0.25) is 11.6 Å². The summed E-state index contributed by atoms with van der Waals surface area (Å²) in [7, 11) is 3.52. The van der Waals surface area contributed by atoms with Crippen LogP contribution in [0.2, 0.25) is 0 Å². The van der Waals surface area contributed by atoms with Crippen LogP contribution in [0.15, 0.2) is 34.0 Å². The van der Waals surface area contributed by atoms with Crippen LogP contribution in [0.25, 0.3) is 5.82 Å². The summed E-state index contributed by atoms with van der Waals surface area (Å²) in [6.45, 7) is 0.236. The van der Waals surface area contributed by atoms with Crippen molar-refractivity contribution in [3.8, 4) is 5.82 Å². The Morgan fingerprint density at radius 3 is 2.77 bits per heavy atom. The van der Waals surface area contributed by atoms with Crippen molar-refractivity contribution in [1.82, 2.24) is 35.6 Å². The first-order chi connectivity index (χ1) is 14.2. The summed E-state index contributed by atoms with van der Waals surface area (Å²) in [6, 6.07) is 4.50. The molecule has 0 aliphatic carbocycles. The lowest BCUT2D eigenvalue weighted by atomic mass is 10.1. The molecule has 1 amide bonds. The van der Waals surface area contributed by atoms with Crippen molar-refractivity contribution in [3.63, 3.8) is 0 Å². The van der Waals surface area contributed by atoms with Crippen molar-refractivity contribution < 1.29 is 22.6 Å². The number of rotatable bonds is 6. The summed E-state index contributed by atoms with van der Waals surface area (Å²) in [5.41, 5.74) is 7.47. The molecule has 11 nitrogen and oxygen atoms in total. The van der Waals surface area contributed by atoms with E-state index < -0.39 is 17.6 Å². The Morgan fingerprint density at radius 1 is 1.37 bits per heavy atom. The molecule has 0 saturated heterocycles. The maximum absolute atomic E-state index is 12.8. The largest absolute Gasteiger partial charge is 0.416 e. The molecule has 3 aromatic rings.